The molecule has 184 valence electrons. The molecule has 0 spiro atoms. The molecular weight excluding hydrogens is 512 g/mol. The first kappa shape index (κ1) is 26.2. The maximum atomic E-state index is 12.1. The predicted octanol–water partition coefficient (Wildman–Crippen LogP) is 5.31. The van der Waals surface area contributed by atoms with Crippen LogP contribution in [0.1, 0.15) is 27.0 Å². The number of carbonyl (C=O) groups is 1. The Labute approximate surface area is 214 Å². The molecule has 3 aromatic rings. The van der Waals surface area contributed by atoms with Gasteiger partial charge in [-0.15, -0.1) is 0 Å². The number of amides is 1. The maximum Gasteiger partial charge on any atom is 0.271 e. The van der Waals surface area contributed by atoms with Gasteiger partial charge in [0.1, 0.15) is 19.0 Å². The van der Waals surface area contributed by atoms with Crippen molar-refractivity contribution in [2.75, 3.05) is 33.5 Å². The molecule has 0 aliphatic carbocycles. The molecule has 0 aliphatic heterocycles. The Balaban J connectivity index is 1.43. The van der Waals surface area contributed by atoms with Gasteiger partial charge in [0.2, 0.25) is 0 Å². The van der Waals surface area contributed by atoms with Crippen LogP contribution < -0.4 is 19.6 Å². The summed E-state index contributed by atoms with van der Waals surface area (Å²) in [7, 11) is 1.56. The number of rotatable bonds is 12. The highest BCUT2D eigenvalue weighted by molar-refractivity contribution is 9.10. The van der Waals surface area contributed by atoms with Crippen molar-refractivity contribution in [1.29, 1.82) is 0 Å². The van der Waals surface area contributed by atoms with Gasteiger partial charge in [0.15, 0.2) is 11.5 Å². The third-order valence-electron chi connectivity index (χ3n) is 5.12. The number of aryl methyl sites for hydroxylation is 2. The molecule has 1 amide bonds. The first-order chi connectivity index (χ1) is 17.0. The zero-order valence-electron chi connectivity index (χ0n) is 20.0. The van der Waals surface area contributed by atoms with Crippen molar-refractivity contribution in [2.24, 2.45) is 5.10 Å². The molecule has 0 saturated carbocycles. The van der Waals surface area contributed by atoms with Gasteiger partial charge in [-0.3, -0.25) is 4.79 Å². The lowest BCUT2D eigenvalue weighted by Crippen LogP contribution is -2.17. The minimum Gasteiger partial charge on any atom is -0.493 e. The Morgan fingerprint density at radius 3 is 2.40 bits per heavy atom. The van der Waals surface area contributed by atoms with E-state index in [9.17, 15) is 4.79 Å². The summed E-state index contributed by atoms with van der Waals surface area (Å²) in [5.41, 5.74) is 6.21. The molecule has 7 nitrogen and oxygen atoms in total. The van der Waals surface area contributed by atoms with Crippen LogP contribution in [0.15, 0.2) is 70.2 Å². The summed E-state index contributed by atoms with van der Waals surface area (Å²) in [5.74, 6) is 1.65. The second kappa shape index (κ2) is 13.5. The Morgan fingerprint density at radius 2 is 1.69 bits per heavy atom. The molecule has 0 atom stereocenters. The van der Waals surface area contributed by atoms with Gasteiger partial charge in [-0.05, 0) is 82.9 Å². The van der Waals surface area contributed by atoms with Gasteiger partial charge in [-0.1, -0.05) is 24.3 Å². The van der Waals surface area contributed by atoms with Crippen LogP contribution in [-0.4, -0.2) is 45.7 Å². The maximum absolute atomic E-state index is 12.1. The second-order valence-electron chi connectivity index (χ2n) is 7.65. The van der Waals surface area contributed by atoms with E-state index >= 15 is 0 Å². The fraction of sp³-hybridized carbons (Fsp3) is 0.259. The van der Waals surface area contributed by atoms with Gasteiger partial charge >= 0.3 is 0 Å². The summed E-state index contributed by atoms with van der Waals surface area (Å²) in [6.45, 7) is 5.80. The Bertz CT molecular complexity index is 1150. The van der Waals surface area contributed by atoms with Crippen molar-refractivity contribution in [3.05, 3.63) is 87.4 Å². The molecule has 0 radical (unpaired) electrons. The van der Waals surface area contributed by atoms with Crippen LogP contribution in [0.25, 0.3) is 0 Å². The third-order valence-corrected chi connectivity index (χ3v) is 5.71. The van der Waals surface area contributed by atoms with Crippen LogP contribution in [0.5, 0.6) is 17.2 Å². The highest BCUT2D eigenvalue weighted by Crippen LogP contribution is 2.36. The van der Waals surface area contributed by atoms with E-state index in [0.29, 0.717) is 48.0 Å². The molecule has 0 saturated heterocycles. The van der Waals surface area contributed by atoms with Crippen molar-refractivity contribution >= 4 is 28.1 Å². The third kappa shape index (κ3) is 8.12. The summed E-state index contributed by atoms with van der Waals surface area (Å²) in [6.07, 6.45) is 1.54. The fourth-order valence-corrected chi connectivity index (χ4v) is 3.67. The van der Waals surface area contributed by atoms with Crippen molar-refractivity contribution < 1.29 is 23.7 Å². The summed E-state index contributed by atoms with van der Waals surface area (Å²) in [6, 6.07) is 18.5. The molecule has 0 bridgehead atoms. The fourth-order valence-electron chi connectivity index (χ4n) is 3.10. The normalized spacial score (nSPS) is 10.9. The van der Waals surface area contributed by atoms with Gasteiger partial charge < -0.3 is 18.9 Å². The summed E-state index contributed by atoms with van der Waals surface area (Å²) in [5, 5.41) is 4.03. The van der Waals surface area contributed by atoms with Crippen molar-refractivity contribution in [2.45, 2.75) is 13.8 Å². The van der Waals surface area contributed by atoms with Gasteiger partial charge in [0.25, 0.3) is 5.91 Å². The molecule has 3 aromatic carbocycles. The molecule has 0 unspecified atom stereocenters. The molecule has 0 aromatic heterocycles. The van der Waals surface area contributed by atoms with E-state index in [1.54, 1.807) is 37.4 Å². The van der Waals surface area contributed by atoms with Crippen LogP contribution in [-0.2, 0) is 4.74 Å². The van der Waals surface area contributed by atoms with Gasteiger partial charge in [-0.2, -0.15) is 5.10 Å². The first-order valence-corrected chi connectivity index (χ1v) is 11.9. The number of benzene rings is 3. The molecule has 0 aliphatic rings. The van der Waals surface area contributed by atoms with E-state index in [1.807, 2.05) is 30.3 Å². The van der Waals surface area contributed by atoms with Gasteiger partial charge in [-0.25, -0.2) is 5.43 Å². The zero-order chi connectivity index (χ0) is 25.0. The lowest BCUT2D eigenvalue weighted by Gasteiger charge is -2.14. The average molecular weight is 541 g/mol. The van der Waals surface area contributed by atoms with Crippen LogP contribution >= 0.6 is 15.9 Å². The highest BCUT2D eigenvalue weighted by Gasteiger charge is 2.11. The number of ether oxygens (including phenoxy) is 4. The Kier molecular flexibility index (Phi) is 10.1. The van der Waals surface area contributed by atoms with E-state index < -0.39 is 0 Å². The smallest absolute Gasteiger partial charge is 0.271 e. The van der Waals surface area contributed by atoms with E-state index in [1.165, 1.54) is 17.3 Å². The Hall–Kier alpha value is -3.36. The number of methoxy groups -OCH3 is 1. The van der Waals surface area contributed by atoms with E-state index in [2.05, 4.69) is 40.3 Å². The molecule has 35 heavy (non-hydrogen) atoms. The molecule has 8 heteroatoms. The van der Waals surface area contributed by atoms with Crippen molar-refractivity contribution in [3.8, 4) is 17.2 Å². The van der Waals surface area contributed by atoms with Crippen LogP contribution in [0, 0.1) is 13.8 Å². The molecular formula is C27H29BrN2O5. The monoisotopic (exact) mass is 540 g/mol. The zero-order valence-corrected chi connectivity index (χ0v) is 21.6. The van der Waals surface area contributed by atoms with E-state index in [4.69, 9.17) is 18.9 Å². The van der Waals surface area contributed by atoms with Crippen LogP contribution in [0.3, 0.4) is 0 Å². The van der Waals surface area contributed by atoms with Crippen molar-refractivity contribution in [3.63, 3.8) is 0 Å². The minimum atomic E-state index is -0.285. The van der Waals surface area contributed by atoms with Gasteiger partial charge in [0, 0.05) is 5.56 Å². The second-order valence-corrected chi connectivity index (χ2v) is 8.51. The van der Waals surface area contributed by atoms with E-state index in [-0.39, 0.29) is 5.91 Å². The summed E-state index contributed by atoms with van der Waals surface area (Å²) in [4.78, 5) is 12.1. The SMILES string of the molecule is COc1cc(/C=N\NC(=O)c2ccccc2)cc(Br)c1OCCOCCOc1ccc(C)c(C)c1. The lowest BCUT2D eigenvalue weighted by atomic mass is 10.1. The number of carbonyl (C=O) groups excluding carboxylic acids is 1. The number of hydrazone groups is 1. The standard InChI is InChI=1S/C27H29BrN2O5/c1-19-9-10-23(15-20(19)2)34-13-11-33-12-14-35-26-24(28)16-21(17-25(26)32-3)18-29-30-27(31)22-7-5-4-6-8-22/h4-10,15-18H,11-14H2,1-3H3,(H,30,31)/b29-18-. The number of hydrogen-bond acceptors (Lipinski definition) is 6. The number of nitrogens with one attached hydrogen (secondary N) is 1. The van der Waals surface area contributed by atoms with Crippen molar-refractivity contribution in [1.82, 2.24) is 5.43 Å². The topological polar surface area (TPSA) is 78.4 Å². The number of halogens is 1. The van der Waals surface area contributed by atoms with E-state index in [0.717, 1.165) is 11.3 Å². The largest absolute Gasteiger partial charge is 0.493 e. The predicted molar refractivity (Wildman–Crippen MR) is 140 cm³/mol. The quantitative estimate of drug-likeness (QED) is 0.191. The molecule has 0 fully saturated rings. The van der Waals surface area contributed by atoms with Crippen LogP contribution in [0.4, 0.5) is 0 Å². The van der Waals surface area contributed by atoms with Gasteiger partial charge in [0.05, 0.1) is 31.0 Å². The minimum absolute atomic E-state index is 0.285. The van der Waals surface area contributed by atoms with Crippen LogP contribution in [0.2, 0.25) is 0 Å². The molecule has 1 N–H and O–H groups in total. The Morgan fingerprint density at radius 1 is 0.943 bits per heavy atom. The summed E-state index contributed by atoms with van der Waals surface area (Å²) >= 11 is 3.51. The lowest BCUT2D eigenvalue weighted by molar-refractivity contribution is 0.0755. The molecule has 3 rings (SSSR count). The molecule has 0 heterocycles. The number of nitrogens with zero attached hydrogens (tertiary/aromatic N) is 1. The summed E-state index contributed by atoms with van der Waals surface area (Å²) < 4.78 is 23.3. The average Bonchev–Trinajstić information content (AvgIpc) is 2.86. The highest BCUT2D eigenvalue weighted by atomic mass is 79.9. The number of hydrogen-bond donors (Lipinski definition) is 1. The first-order valence-electron chi connectivity index (χ1n) is 11.1.